The molecule has 0 aliphatic heterocycles. The van der Waals surface area contributed by atoms with Crippen molar-refractivity contribution in [1.82, 2.24) is 9.97 Å². The molecule has 0 bridgehead atoms. The first-order valence-corrected chi connectivity index (χ1v) is 17.0. The van der Waals surface area contributed by atoms with Crippen molar-refractivity contribution >= 4 is 60.8 Å². The summed E-state index contributed by atoms with van der Waals surface area (Å²) in [6.45, 7) is 0. The molecule has 0 aliphatic rings. The van der Waals surface area contributed by atoms with Crippen LogP contribution in [0.3, 0.4) is 0 Å². The summed E-state index contributed by atoms with van der Waals surface area (Å²) < 4.78 is 35.9. The van der Waals surface area contributed by atoms with Gasteiger partial charge in [0.25, 0.3) is 0 Å². The van der Waals surface area contributed by atoms with E-state index < -0.39 is 0 Å². The van der Waals surface area contributed by atoms with E-state index in [9.17, 15) is 5.76 Å². The van der Waals surface area contributed by atoms with E-state index >= 15 is 0 Å². The largest absolute Gasteiger partial charge is 0.436 e. The molecule has 0 radical (unpaired) electrons. The molecule has 52 heavy (non-hydrogen) atoms. The van der Waals surface area contributed by atoms with E-state index in [1.54, 1.807) is 12.1 Å². The molecule has 246 valence electrons. The monoisotopic (exact) mass is 674 g/mol. The van der Waals surface area contributed by atoms with E-state index in [2.05, 4.69) is 11.0 Å². The van der Waals surface area contributed by atoms with Crippen molar-refractivity contribution in [3.63, 3.8) is 0 Å². The molecular formula is C46H28FN3O2. The maximum Gasteiger partial charge on any atom is 0.227 e. The lowest BCUT2D eigenvalue weighted by Gasteiger charge is -2.25. The van der Waals surface area contributed by atoms with E-state index in [0.717, 1.165) is 71.9 Å². The summed E-state index contributed by atoms with van der Waals surface area (Å²) >= 11 is 0. The third-order valence-electron chi connectivity index (χ3n) is 9.43. The standard InChI is InChI=1S/C46H28FN3O2/c47-37-17-15-29-11-12-33(24-36(29)25-37)32-13-14-35-26-38(18-16-34(35)23-32)50(39-19-21-41-43(27-39)51-45(48-41)30-7-3-1-4-8-30)40-20-22-42-44(28-40)52-46(49-42)31-9-5-2-6-10-31/h1-28H/i16D. The number of anilines is 3. The van der Waals surface area contributed by atoms with Crippen LogP contribution in [0.2, 0.25) is 0 Å². The van der Waals surface area contributed by atoms with Gasteiger partial charge in [-0.15, -0.1) is 0 Å². The molecule has 8 aromatic carbocycles. The summed E-state index contributed by atoms with van der Waals surface area (Å²) in [4.78, 5) is 11.6. The van der Waals surface area contributed by atoms with Crippen LogP contribution in [0.5, 0.6) is 0 Å². The third kappa shape index (κ3) is 5.34. The smallest absolute Gasteiger partial charge is 0.227 e. The molecule has 0 fully saturated rings. The molecule has 6 heteroatoms. The van der Waals surface area contributed by atoms with Gasteiger partial charge in [-0.2, -0.15) is 0 Å². The predicted molar refractivity (Wildman–Crippen MR) is 208 cm³/mol. The van der Waals surface area contributed by atoms with Crippen molar-refractivity contribution in [3.05, 3.63) is 176 Å². The van der Waals surface area contributed by atoms with Crippen molar-refractivity contribution in [2.75, 3.05) is 4.90 Å². The Morgan fingerprint density at radius 1 is 0.442 bits per heavy atom. The van der Waals surface area contributed by atoms with Crippen molar-refractivity contribution in [2.45, 2.75) is 0 Å². The van der Waals surface area contributed by atoms with Crippen LogP contribution in [-0.2, 0) is 0 Å². The fourth-order valence-electron chi connectivity index (χ4n) is 6.83. The lowest BCUT2D eigenvalue weighted by atomic mass is 9.98. The second kappa shape index (κ2) is 12.1. The van der Waals surface area contributed by atoms with Crippen LogP contribution >= 0.6 is 0 Å². The molecule has 0 amide bonds. The van der Waals surface area contributed by atoms with Crippen molar-refractivity contribution in [1.29, 1.82) is 0 Å². The minimum atomic E-state index is -0.267. The molecule has 0 atom stereocenters. The quantitative estimate of drug-likeness (QED) is 0.176. The zero-order valence-corrected chi connectivity index (χ0v) is 27.6. The molecule has 0 saturated heterocycles. The molecule has 0 N–H and O–H groups in total. The Bertz CT molecular complexity index is 2880. The van der Waals surface area contributed by atoms with Crippen LogP contribution in [0.15, 0.2) is 179 Å². The van der Waals surface area contributed by atoms with E-state index in [1.165, 1.54) is 6.07 Å². The number of fused-ring (bicyclic) bond motifs is 4. The van der Waals surface area contributed by atoms with Crippen LogP contribution < -0.4 is 4.90 Å². The Labute approximate surface area is 299 Å². The van der Waals surface area contributed by atoms with E-state index in [4.69, 9.17) is 18.8 Å². The summed E-state index contributed by atoms with van der Waals surface area (Å²) in [7, 11) is 0. The number of aromatic nitrogens is 2. The third-order valence-corrected chi connectivity index (χ3v) is 9.43. The Kier molecular flexibility index (Phi) is 6.68. The lowest BCUT2D eigenvalue weighted by Crippen LogP contribution is -2.09. The highest BCUT2D eigenvalue weighted by Gasteiger charge is 2.18. The average Bonchev–Trinajstić information content (AvgIpc) is 3.83. The maximum absolute atomic E-state index is 14.0. The van der Waals surface area contributed by atoms with Gasteiger partial charge in [0.1, 0.15) is 16.9 Å². The molecular weight excluding hydrogens is 646 g/mol. The van der Waals surface area contributed by atoms with Gasteiger partial charge in [0.05, 0.1) is 1.37 Å². The predicted octanol–water partition coefficient (Wildman–Crippen LogP) is 12.9. The number of hydrogen-bond acceptors (Lipinski definition) is 5. The van der Waals surface area contributed by atoms with Gasteiger partial charge in [0, 0.05) is 40.3 Å². The number of nitrogens with zero attached hydrogens (tertiary/aromatic N) is 3. The highest BCUT2D eigenvalue weighted by Crippen LogP contribution is 2.40. The first kappa shape index (κ1) is 28.8. The first-order valence-electron chi connectivity index (χ1n) is 17.5. The number of rotatable bonds is 6. The normalized spacial score (nSPS) is 11.8. The highest BCUT2D eigenvalue weighted by atomic mass is 19.1. The van der Waals surface area contributed by atoms with Gasteiger partial charge in [0.2, 0.25) is 11.8 Å². The molecule has 10 aromatic rings. The number of oxazole rings is 2. The van der Waals surface area contributed by atoms with Gasteiger partial charge in [-0.05, 0) is 118 Å². The maximum atomic E-state index is 14.0. The number of halogens is 1. The summed E-state index contributed by atoms with van der Waals surface area (Å²) in [5.41, 5.74) is 8.94. The van der Waals surface area contributed by atoms with Gasteiger partial charge in [0.15, 0.2) is 11.2 Å². The van der Waals surface area contributed by atoms with E-state index in [1.807, 2.05) is 140 Å². The van der Waals surface area contributed by atoms with E-state index in [-0.39, 0.29) is 5.82 Å². The van der Waals surface area contributed by atoms with Crippen LogP contribution in [0.25, 0.3) is 77.8 Å². The fourth-order valence-corrected chi connectivity index (χ4v) is 6.83. The van der Waals surface area contributed by atoms with Gasteiger partial charge in [-0.25, -0.2) is 14.4 Å². The Hall–Kier alpha value is -7.05. The van der Waals surface area contributed by atoms with Gasteiger partial charge in [-0.3, -0.25) is 0 Å². The minimum absolute atomic E-state index is 0.267. The molecule has 0 saturated carbocycles. The van der Waals surface area contributed by atoms with E-state index in [0.29, 0.717) is 29.0 Å². The van der Waals surface area contributed by atoms with Crippen LogP contribution in [-0.4, -0.2) is 9.97 Å². The SMILES string of the molecule is [2H]c1cc(N(c2ccc3nc(-c4ccccc4)oc3c2)c2ccc3nc(-c4ccccc4)oc3c2)cc2ccc(-c3ccc4ccc(F)cc4c3)cc12. The lowest BCUT2D eigenvalue weighted by molar-refractivity contribution is 0.620. The first-order chi connectivity index (χ1) is 26.0. The minimum Gasteiger partial charge on any atom is -0.436 e. The fraction of sp³-hybridized carbons (Fsp3) is 0. The number of benzene rings is 8. The molecule has 5 nitrogen and oxygen atoms in total. The topological polar surface area (TPSA) is 55.3 Å². The summed E-state index contributed by atoms with van der Waals surface area (Å²) in [5, 5.41) is 3.52. The molecule has 0 aliphatic carbocycles. The second-order valence-electron chi connectivity index (χ2n) is 12.8. The van der Waals surface area contributed by atoms with Crippen LogP contribution in [0.1, 0.15) is 1.37 Å². The van der Waals surface area contributed by atoms with Crippen molar-refractivity contribution < 1.29 is 14.6 Å². The number of hydrogen-bond donors (Lipinski definition) is 0. The molecule has 2 heterocycles. The van der Waals surface area contributed by atoms with Gasteiger partial charge in [-0.1, -0.05) is 72.8 Å². The Morgan fingerprint density at radius 2 is 0.981 bits per heavy atom. The molecule has 2 aromatic heterocycles. The Balaban J connectivity index is 1.10. The Morgan fingerprint density at radius 3 is 1.60 bits per heavy atom. The summed E-state index contributed by atoms with van der Waals surface area (Å²) in [6.07, 6.45) is 0. The van der Waals surface area contributed by atoms with Crippen LogP contribution in [0, 0.1) is 5.82 Å². The van der Waals surface area contributed by atoms with Crippen molar-refractivity contribution in [3.8, 4) is 34.0 Å². The highest BCUT2D eigenvalue weighted by molar-refractivity contribution is 5.95. The zero-order chi connectivity index (χ0) is 35.5. The molecule has 10 rings (SSSR count). The zero-order valence-electron chi connectivity index (χ0n) is 28.6. The van der Waals surface area contributed by atoms with Gasteiger partial charge >= 0.3 is 0 Å². The molecule has 0 unspecified atom stereocenters. The summed E-state index contributed by atoms with van der Waals surface area (Å²) in [6, 6.07) is 52.9. The second-order valence-corrected chi connectivity index (χ2v) is 12.8. The van der Waals surface area contributed by atoms with Gasteiger partial charge < -0.3 is 13.7 Å². The summed E-state index contributed by atoms with van der Waals surface area (Å²) in [5.74, 6) is 0.830. The van der Waals surface area contributed by atoms with Crippen LogP contribution in [0.4, 0.5) is 21.5 Å². The average molecular weight is 675 g/mol. The van der Waals surface area contributed by atoms with Crippen molar-refractivity contribution in [2.24, 2.45) is 0 Å². The molecule has 0 spiro atoms.